The first kappa shape index (κ1) is 23.3. The maximum Gasteiger partial charge on any atom is 0.257 e. The third kappa shape index (κ3) is 4.60. The summed E-state index contributed by atoms with van der Waals surface area (Å²) in [5.74, 6) is -1.34. The number of hydrogen-bond acceptors (Lipinski definition) is 8. The lowest BCUT2D eigenvalue weighted by Gasteiger charge is -2.36. The smallest absolute Gasteiger partial charge is 0.257 e. The standard InChI is InChI=1S/C23H24N6O4S/c1-3-27-13-17(21(32)33)18(30)16-12-24-22(25-19(16)27)28-7-9-29(10-8-28)23(34)26-20(31)15-6-4-5-14(2)11-15/h4-6,11-13H,3,7-10H2,1-2H3,(H,32,33)(H,26,31,34)/p-1. The number of hydrogen-bond donors (Lipinski definition) is 1. The van der Waals surface area contributed by atoms with Crippen LogP contribution in [-0.2, 0) is 6.54 Å². The van der Waals surface area contributed by atoms with Crippen LogP contribution in [0.5, 0.6) is 0 Å². The van der Waals surface area contributed by atoms with Crippen molar-refractivity contribution >= 4 is 46.2 Å². The van der Waals surface area contributed by atoms with Gasteiger partial charge in [0.25, 0.3) is 5.91 Å². The summed E-state index contributed by atoms with van der Waals surface area (Å²) in [5.41, 5.74) is 0.832. The fourth-order valence-electron chi connectivity index (χ4n) is 3.85. The molecule has 4 rings (SSSR count). The zero-order chi connectivity index (χ0) is 24.4. The summed E-state index contributed by atoms with van der Waals surface area (Å²) in [7, 11) is 0. The number of aryl methyl sites for hydroxylation is 2. The van der Waals surface area contributed by atoms with Crippen molar-refractivity contribution in [1.29, 1.82) is 0 Å². The molecule has 3 aromatic rings. The molecular weight excluding hydrogens is 456 g/mol. The molecule has 2 aromatic heterocycles. The zero-order valence-corrected chi connectivity index (χ0v) is 19.6. The van der Waals surface area contributed by atoms with Crippen molar-refractivity contribution in [3.05, 3.63) is 63.6 Å². The minimum Gasteiger partial charge on any atom is -0.545 e. The predicted molar refractivity (Wildman–Crippen MR) is 129 cm³/mol. The van der Waals surface area contributed by atoms with Crippen LogP contribution in [0.1, 0.15) is 33.2 Å². The number of nitrogens with zero attached hydrogens (tertiary/aromatic N) is 5. The molecule has 1 saturated heterocycles. The van der Waals surface area contributed by atoms with Gasteiger partial charge in [-0.05, 0) is 38.2 Å². The van der Waals surface area contributed by atoms with Crippen molar-refractivity contribution in [3.8, 4) is 0 Å². The fourth-order valence-corrected chi connectivity index (χ4v) is 4.12. The Bertz CT molecular complexity index is 1350. The molecule has 0 spiro atoms. The Labute approximate surface area is 200 Å². The second-order valence-electron chi connectivity index (χ2n) is 7.96. The summed E-state index contributed by atoms with van der Waals surface area (Å²) >= 11 is 5.44. The molecule has 0 radical (unpaired) electrons. The Morgan fingerprint density at radius 1 is 1.21 bits per heavy atom. The highest BCUT2D eigenvalue weighted by Crippen LogP contribution is 2.16. The van der Waals surface area contributed by atoms with Gasteiger partial charge in [0.1, 0.15) is 5.65 Å². The lowest BCUT2D eigenvalue weighted by atomic mass is 10.1. The van der Waals surface area contributed by atoms with E-state index in [2.05, 4.69) is 15.3 Å². The summed E-state index contributed by atoms with van der Waals surface area (Å²) in [6.07, 6.45) is 2.61. The number of pyridine rings is 1. The topological polar surface area (TPSA) is 123 Å². The highest BCUT2D eigenvalue weighted by Gasteiger charge is 2.23. The minimum absolute atomic E-state index is 0.131. The van der Waals surface area contributed by atoms with E-state index in [0.717, 1.165) is 5.56 Å². The van der Waals surface area contributed by atoms with Gasteiger partial charge in [0.2, 0.25) is 11.4 Å². The summed E-state index contributed by atoms with van der Waals surface area (Å²) in [4.78, 5) is 48.9. The van der Waals surface area contributed by atoms with E-state index >= 15 is 0 Å². The van der Waals surface area contributed by atoms with Crippen LogP contribution in [-0.4, -0.2) is 62.6 Å². The van der Waals surface area contributed by atoms with Gasteiger partial charge >= 0.3 is 0 Å². The van der Waals surface area contributed by atoms with Crippen molar-refractivity contribution in [3.63, 3.8) is 0 Å². The molecule has 1 aromatic carbocycles. The average molecular weight is 480 g/mol. The molecule has 10 nitrogen and oxygen atoms in total. The van der Waals surface area contributed by atoms with Crippen LogP contribution in [0.3, 0.4) is 0 Å². The molecule has 1 N–H and O–H groups in total. The first-order valence-corrected chi connectivity index (χ1v) is 11.2. The molecular formula is C23H23N6O4S-. The normalized spacial score (nSPS) is 13.7. The molecule has 0 atom stereocenters. The largest absolute Gasteiger partial charge is 0.545 e. The highest BCUT2D eigenvalue weighted by atomic mass is 32.1. The number of anilines is 1. The van der Waals surface area contributed by atoms with Crippen LogP contribution in [0.25, 0.3) is 11.0 Å². The Kier molecular flexibility index (Phi) is 6.55. The third-order valence-electron chi connectivity index (χ3n) is 5.71. The van der Waals surface area contributed by atoms with Gasteiger partial charge in [-0.1, -0.05) is 17.7 Å². The molecule has 1 aliphatic rings. The second kappa shape index (κ2) is 9.56. The van der Waals surface area contributed by atoms with Gasteiger partial charge in [-0.15, -0.1) is 0 Å². The molecule has 0 unspecified atom stereocenters. The van der Waals surface area contributed by atoms with Crippen molar-refractivity contribution in [1.82, 2.24) is 24.8 Å². The van der Waals surface area contributed by atoms with E-state index < -0.39 is 17.0 Å². The number of nitrogens with one attached hydrogen (secondary N) is 1. The molecule has 1 fully saturated rings. The van der Waals surface area contributed by atoms with Crippen LogP contribution >= 0.6 is 12.2 Å². The number of piperazine rings is 1. The number of carboxylic acid groups (broad SMARTS) is 1. The van der Waals surface area contributed by atoms with E-state index in [0.29, 0.717) is 55.0 Å². The van der Waals surface area contributed by atoms with Crippen molar-refractivity contribution in [2.75, 3.05) is 31.1 Å². The Hall–Kier alpha value is -3.86. The molecule has 3 heterocycles. The number of carboxylic acids is 1. The van der Waals surface area contributed by atoms with Gasteiger partial charge in [-0.3, -0.25) is 14.9 Å². The van der Waals surface area contributed by atoms with Crippen LogP contribution < -0.4 is 20.8 Å². The summed E-state index contributed by atoms with van der Waals surface area (Å²) in [6.45, 7) is 6.40. The maximum absolute atomic E-state index is 12.5. The lowest BCUT2D eigenvalue weighted by molar-refractivity contribution is -0.255. The number of aromatic nitrogens is 3. The van der Waals surface area contributed by atoms with E-state index in [1.165, 1.54) is 12.4 Å². The SMILES string of the molecule is CCn1cc(C(=O)[O-])c(=O)c2cnc(N3CCN(C(=S)NC(=O)c4cccc(C)c4)CC3)nc21. The molecule has 1 aliphatic heterocycles. The van der Waals surface area contributed by atoms with E-state index in [1.807, 2.05) is 35.8 Å². The number of carbonyl (C=O) groups is 2. The Balaban J connectivity index is 1.46. The van der Waals surface area contributed by atoms with Crippen LogP contribution in [0.15, 0.2) is 41.5 Å². The van der Waals surface area contributed by atoms with Crippen LogP contribution in [0, 0.1) is 6.92 Å². The second-order valence-corrected chi connectivity index (χ2v) is 8.34. The average Bonchev–Trinajstić information content (AvgIpc) is 2.84. The highest BCUT2D eigenvalue weighted by molar-refractivity contribution is 7.80. The van der Waals surface area contributed by atoms with Crippen molar-refractivity contribution in [2.24, 2.45) is 0 Å². The molecule has 0 saturated carbocycles. The van der Waals surface area contributed by atoms with E-state index in [1.54, 1.807) is 16.7 Å². The molecule has 176 valence electrons. The van der Waals surface area contributed by atoms with Gasteiger partial charge in [-0.2, -0.15) is 4.98 Å². The first-order chi connectivity index (χ1) is 16.3. The Morgan fingerprint density at radius 2 is 1.94 bits per heavy atom. The zero-order valence-electron chi connectivity index (χ0n) is 18.8. The number of fused-ring (bicyclic) bond motifs is 1. The summed E-state index contributed by atoms with van der Waals surface area (Å²) in [6, 6.07) is 7.29. The molecule has 0 bridgehead atoms. The van der Waals surface area contributed by atoms with E-state index in [4.69, 9.17) is 12.2 Å². The number of aromatic carboxylic acids is 1. The van der Waals surface area contributed by atoms with Crippen LogP contribution in [0.4, 0.5) is 5.95 Å². The number of carbonyl (C=O) groups excluding carboxylic acids is 2. The van der Waals surface area contributed by atoms with E-state index in [9.17, 15) is 19.5 Å². The number of benzene rings is 1. The van der Waals surface area contributed by atoms with E-state index in [-0.39, 0.29) is 11.3 Å². The summed E-state index contributed by atoms with van der Waals surface area (Å²) in [5, 5.41) is 14.6. The fraction of sp³-hybridized carbons (Fsp3) is 0.304. The number of rotatable bonds is 4. The molecule has 11 heteroatoms. The van der Waals surface area contributed by atoms with Gasteiger partial charge < -0.3 is 24.3 Å². The monoisotopic (exact) mass is 479 g/mol. The minimum atomic E-state index is -1.53. The van der Waals surface area contributed by atoms with Crippen LogP contribution in [0.2, 0.25) is 0 Å². The Morgan fingerprint density at radius 3 is 2.59 bits per heavy atom. The number of thiocarbonyl (C=S) groups is 1. The van der Waals surface area contributed by atoms with Gasteiger partial charge in [-0.25, -0.2) is 4.98 Å². The number of amides is 1. The quantitative estimate of drug-likeness (QED) is 0.527. The first-order valence-electron chi connectivity index (χ1n) is 10.8. The van der Waals surface area contributed by atoms with Gasteiger partial charge in [0.15, 0.2) is 5.11 Å². The molecule has 1 amide bonds. The summed E-state index contributed by atoms with van der Waals surface area (Å²) < 4.78 is 1.60. The predicted octanol–water partition coefficient (Wildman–Crippen LogP) is 0.320. The third-order valence-corrected chi connectivity index (χ3v) is 6.07. The van der Waals surface area contributed by atoms with Crippen molar-refractivity contribution < 1.29 is 14.7 Å². The maximum atomic E-state index is 12.5. The molecule has 0 aliphatic carbocycles. The van der Waals surface area contributed by atoms with Gasteiger partial charge in [0, 0.05) is 50.7 Å². The van der Waals surface area contributed by atoms with Crippen molar-refractivity contribution in [2.45, 2.75) is 20.4 Å². The molecule has 34 heavy (non-hydrogen) atoms. The van der Waals surface area contributed by atoms with Gasteiger partial charge in [0.05, 0.1) is 16.9 Å². The lowest BCUT2D eigenvalue weighted by Crippen LogP contribution is -2.53.